The largest absolute Gasteiger partial charge is 0.473 e. The van der Waals surface area contributed by atoms with E-state index in [0.717, 1.165) is 0 Å². The molecule has 0 aliphatic heterocycles. The molecule has 1 aromatic rings. The zero-order valence-corrected chi connectivity index (χ0v) is 7.81. The predicted molar refractivity (Wildman–Crippen MR) is 48.6 cm³/mol. The minimum Gasteiger partial charge on any atom is -0.473 e. The van der Waals surface area contributed by atoms with Gasteiger partial charge in [-0.25, -0.2) is 4.98 Å². The molecule has 12 heavy (non-hydrogen) atoms. The number of rotatable bonds is 3. The van der Waals surface area contributed by atoms with Crippen LogP contribution in [0.15, 0.2) is 12.4 Å². The second kappa shape index (κ2) is 4.18. The number of ether oxygens (including phenoxy) is 1. The summed E-state index contributed by atoms with van der Waals surface area (Å²) >= 11 is 4.78. The molecule has 0 amide bonds. The van der Waals surface area contributed by atoms with Crippen molar-refractivity contribution < 1.29 is 4.74 Å². The zero-order valence-electron chi connectivity index (χ0n) is 7.00. The minimum atomic E-state index is -0.0313. The lowest BCUT2D eigenvalue weighted by Gasteiger charge is -2.12. The number of nitrogens with one attached hydrogen (secondary N) is 2. The molecule has 0 fully saturated rings. The molecule has 0 aliphatic rings. The van der Waals surface area contributed by atoms with Crippen LogP contribution in [0.3, 0.4) is 0 Å². The molecule has 0 aromatic carbocycles. The molecule has 1 heterocycles. The first kappa shape index (κ1) is 9.15. The van der Waals surface area contributed by atoms with Gasteiger partial charge >= 0.3 is 0 Å². The summed E-state index contributed by atoms with van der Waals surface area (Å²) in [6, 6.07) is 0. The normalized spacial score (nSPS) is 12.5. The van der Waals surface area contributed by atoms with Gasteiger partial charge in [-0.05, 0) is 26.2 Å². The van der Waals surface area contributed by atoms with E-state index < -0.39 is 0 Å². The molecule has 0 saturated carbocycles. The number of aromatic nitrogens is 2. The lowest BCUT2D eigenvalue weighted by atomic mass is 10.6. The average Bonchev–Trinajstić information content (AvgIpc) is 2.09. The van der Waals surface area contributed by atoms with Gasteiger partial charge in [0.2, 0.25) is 0 Å². The van der Waals surface area contributed by atoms with Gasteiger partial charge in [-0.1, -0.05) is 0 Å². The van der Waals surface area contributed by atoms with Gasteiger partial charge in [0.1, 0.15) is 6.23 Å². The summed E-state index contributed by atoms with van der Waals surface area (Å²) in [5.74, 6) is 0.672. The summed E-state index contributed by atoms with van der Waals surface area (Å²) in [5, 5.41) is 2.94. The molecule has 2 N–H and O–H groups in total. The molecular weight excluding hydrogens is 174 g/mol. The van der Waals surface area contributed by atoms with Crippen molar-refractivity contribution in [1.82, 2.24) is 15.3 Å². The van der Waals surface area contributed by atoms with Crippen LogP contribution in [-0.4, -0.2) is 23.2 Å². The summed E-state index contributed by atoms with van der Waals surface area (Å²) in [6.07, 6.45) is 3.24. The van der Waals surface area contributed by atoms with Crippen LogP contribution in [0.1, 0.15) is 6.92 Å². The van der Waals surface area contributed by atoms with E-state index in [-0.39, 0.29) is 6.23 Å². The molecule has 1 rings (SSSR count). The van der Waals surface area contributed by atoms with Crippen LogP contribution in [0.25, 0.3) is 0 Å². The molecule has 0 saturated heterocycles. The van der Waals surface area contributed by atoms with Crippen LogP contribution in [-0.2, 0) is 0 Å². The van der Waals surface area contributed by atoms with E-state index in [2.05, 4.69) is 15.3 Å². The van der Waals surface area contributed by atoms with Gasteiger partial charge in [-0.15, -0.1) is 0 Å². The SMILES string of the molecule is CNC(C)Oc1cnc(=S)[nH]c1. The summed E-state index contributed by atoms with van der Waals surface area (Å²) < 4.78 is 5.83. The molecule has 1 atom stereocenters. The van der Waals surface area contributed by atoms with Crippen molar-refractivity contribution in [2.24, 2.45) is 0 Å². The molecule has 0 spiro atoms. The average molecular weight is 185 g/mol. The molecule has 4 nitrogen and oxygen atoms in total. The first-order valence-corrected chi connectivity index (χ1v) is 4.02. The molecule has 0 radical (unpaired) electrons. The Morgan fingerprint density at radius 2 is 2.50 bits per heavy atom. The van der Waals surface area contributed by atoms with Gasteiger partial charge in [-0.3, -0.25) is 5.32 Å². The van der Waals surface area contributed by atoms with E-state index in [1.54, 1.807) is 12.4 Å². The van der Waals surface area contributed by atoms with Gasteiger partial charge in [0.15, 0.2) is 10.5 Å². The number of aromatic amines is 1. The van der Waals surface area contributed by atoms with Crippen molar-refractivity contribution >= 4 is 12.2 Å². The van der Waals surface area contributed by atoms with Crippen molar-refractivity contribution in [3.8, 4) is 5.75 Å². The Balaban J connectivity index is 2.64. The van der Waals surface area contributed by atoms with E-state index in [1.165, 1.54) is 0 Å². The molecule has 1 aromatic heterocycles. The van der Waals surface area contributed by atoms with Crippen LogP contribution in [0.4, 0.5) is 0 Å². The molecule has 66 valence electrons. The first-order chi connectivity index (χ1) is 5.72. The third-order valence-electron chi connectivity index (χ3n) is 1.37. The van der Waals surface area contributed by atoms with Gasteiger partial charge in [-0.2, -0.15) is 0 Å². The Morgan fingerprint density at radius 3 is 3.00 bits per heavy atom. The fraction of sp³-hybridized carbons (Fsp3) is 0.429. The number of nitrogens with zero attached hydrogens (tertiary/aromatic N) is 1. The van der Waals surface area contributed by atoms with Crippen molar-refractivity contribution in [1.29, 1.82) is 0 Å². The van der Waals surface area contributed by atoms with Crippen LogP contribution >= 0.6 is 12.2 Å². The van der Waals surface area contributed by atoms with Gasteiger partial charge < -0.3 is 9.72 Å². The van der Waals surface area contributed by atoms with Crippen LogP contribution < -0.4 is 10.1 Å². The van der Waals surface area contributed by atoms with Crippen molar-refractivity contribution in [3.63, 3.8) is 0 Å². The van der Waals surface area contributed by atoms with Crippen LogP contribution in [0, 0.1) is 4.77 Å². The van der Waals surface area contributed by atoms with Gasteiger partial charge in [0.25, 0.3) is 0 Å². The Bertz CT molecular complexity index is 278. The molecule has 1 unspecified atom stereocenters. The standard InChI is InChI=1S/C7H11N3OS/c1-5(8-2)11-6-3-9-7(12)10-4-6/h3-5,8H,1-2H3,(H,9,10,12). The molecular formula is C7H11N3OS. The highest BCUT2D eigenvalue weighted by atomic mass is 32.1. The Hall–Kier alpha value is -0.940. The Kier molecular flexibility index (Phi) is 3.19. The maximum atomic E-state index is 5.37. The second-order valence-electron chi connectivity index (χ2n) is 2.30. The smallest absolute Gasteiger partial charge is 0.196 e. The predicted octanol–water partition coefficient (Wildman–Crippen LogP) is 1.08. The quantitative estimate of drug-likeness (QED) is 0.546. The summed E-state index contributed by atoms with van der Waals surface area (Å²) in [6.45, 7) is 1.90. The summed E-state index contributed by atoms with van der Waals surface area (Å²) in [4.78, 5) is 6.65. The second-order valence-corrected chi connectivity index (χ2v) is 2.69. The molecule has 0 bridgehead atoms. The van der Waals surface area contributed by atoms with Crippen molar-refractivity contribution in [3.05, 3.63) is 17.2 Å². The minimum absolute atomic E-state index is 0.0313. The topological polar surface area (TPSA) is 49.9 Å². The summed E-state index contributed by atoms with van der Waals surface area (Å²) in [7, 11) is 1.82. The van der Waals surface area contributed by atoms with E-state index in [9.17, 15) is 0 Å². The highest BCUT2D eigenvalue weighted by Crippen LogP contribution is 2.05. The van der Waals surface area contributed by atoms with Gasteiger partial charge in [0, 0.05) is 6.20 Å². The monoisotopic (exact) mass is 185 g/mol. The highest BCUT2D eigenvalue weighted by Gasteiger charge is 1.98. The highest BCUT2D eigenvalue weighted by molar-refractivity contribution is 7.71. The van der Waals surface area contributed by atoms with E-state index in [4.69, 9.17) is 17.0 Å². The van der Waals surface area contributed by atoms with E-state index in [1.807, 2.05) is 14.0 Å². The van der Waals surface area contributed by atoms with E-state index >= 15 is 0 Å². The number of hydrogen-bond acceptors (Lipinski definition) is 4. The fourth-order valence-corrected chi connectivity index (χ4v) is 0.769. The van der Waals surface area contributed by atoms with E-state index in [0.29, 0.717) is 10.5 Å². The summed E-state index contributed by atoms with van der Waals surface area (Å²) in [5.41, 5.74) is 0. The lowest BCUT2D eigenvalue weighted by molar-refractivity contribution is 0.192. The molecule has 0 aliphatic carbocycles. The third-order valence-corrected chi connectivity index (χ3v) is 1.59. The van der Waals surface area contributed by atoms with Crippen LogP contribution in [0.2, 0.25) is 0 Å². The lowest BCUT2D eigenvalue weighted by Crippen LogP contribution is -2.27. The first-order valence-electron chi connectivity index (χ1n) is 3.61. The van der Waals surface area contributed by atoms with Gasteiger partial charge in [0.05, 0.1) is 6.20 Å². The number of H-pyrrole nitrogens is 1. The Morgan fingerprint density at radius 1 is 1.75 bits per heavy atom. The van der Waals surface area contributed by atoms with Crippen molar-refractivity contribution in [2.45, 2.75) is 13.2 Å². The Labute approximate surface area is 76.0 Å². The zero-order chi connectivity index (χ0) is 8.97. The maximum Gasteiger partial charge on any atom is 0.196 e. The van der Waals surface area contributed by atoms with Crippen molar-refractivity contribution in [2.75, 3.05) is 7.05 Å². The molecule has 5 heteroatoms. The maximum absolute atomic E-state index is 5.37. The number of hydrogen-bond donors (Lipinski definition) is 2. The third kappa shape index (κ3) is 2.60. The fourth-order valence-electron chi connectivity index (χ4n) is 0.657. The van der Waals surface area contributed by atoms with Crippen LogP contribution in [0.5, 0.6) is 5.75 Å².